The van der Waals surface area contributed by atoms with Crippen molar-refractivity contribution >= 4 is 23.4 Å². The van der Waals surface area contributed by atoms with Gasteiger partial charge in [-0.25, -0.2) is 14.8 Å². The molecule has 2 aromatic carbocycles. The minimum Gasteiger partial charge on any atom is -0.384 e. The Labute approximate surface area is 228 Å². The molecule has 2 heterocycles. The molecule has 0 radical (unpaired) electrons. The number of pyridine rings is 2. The van der Waals surface area contributed by atoms with Crippen LogP contribution >= 0.6 is 0 Å². The van der Waals surface area contributed by atoms with E-state index < -0.39 is 0 Å². The van der Waals surface area contributed by atoms with Gasteiger partial charge in [0.15, 0.2) is 0 Å². The van der Waals surface area contributed by atoms with Crippen molar-refractivity contribution in [1.29, 1.82) is 5.26 Å². The Balaban J connectivity index is 1.30. The molecule has 1 fully saturated rings. The molecular formula is C31H31N7O. The second-order valence-corrected chi connectivity index (χ2v) is 9.72. The molecule has 0 bridgehead atoms. The van der Waals surface area contributed by atoms with Crippen LogP contribution in [0.3, 0.4) is 0 Å². The molecule has 196 valence electrons. The number of benzene rings is 2. The van der Waals surface area contributed by atoms with Crippen molar-refractivity contribution in [1.82, 2.24) is 15.3 Å². The van der Waals surface area contributed by atoms with Gasteiger partial charge in [0.1, 0.15) is 17.7 Å². The topological polar surface area (TPSA) is 120 Å². The lowest BCUT2D eigenvalue weighted by molar-refractivity contribution is 0.240. The second kappa shape index (κ2) is 12.1. The maximum atomic E-state index is 13.6. The lowest BCUT2D eigenvalue weighted by Gasteiger charge is -2.37. The molecule has 39 heavy (non-hydrogen) atoms. The fraction of sp³-hybridized carbons (Fsp3) is 0.226. The van der Waals surface area contributed by atoms with E-state index in [0.29, 0.717) is 17.9 Å². The van der Waals surface area contributed by atoms with Gasteiger partial charge >= 0.3 is 6.03 Å². The Morgan fingerprint density at radius 2 is 1.72 bits per heavy atom. The second-order valence-electron chi connectivity index (χ2n) is 9.72. The van der Waals surface area contributed by atoms with Crippen LogP contribution in [0, 0.1) is 11.3 Å². The Morgan fingerprint density at radius 3 is 2.38 bits per heavy atom. The maximum absolute atomic E-state index is 13.6. The van der Waals surface area contributed by atoms with Crippen molar-refractivity contribution in [2.45, 2.75) is 44.3 Å². The number of hydrogen-bond acceptors (Lipinski definition) is 6. The minimum absolute atomic E-state index is 0.0650. The number of nitrogens with one attached hydrogen (secondary N) is 2. The van der Waals surface area contributed by atoms with Gasteiger partial charge in [0.05, 0.1) is 5.56 Å². The molecule has 5 rings (SSSR count). The van der Waals surface area contributed by atoms with E-state index in [0.717, 1.165) is 53.9 Å². The van der Waals surface area contributed by atoms with Gasteiger partial charge in [0.25, 0.3) is 0 Å². The Hall–Kier alpha value is -4.90. The third kappa shape index (κ3) is 6.51. The average molecular weight is 518 g/mol. The van der Waals surface area contributed by atoms with Gasteiger partial charge < -0.3 is 16.4 Å². The summed E-state index contributed by atoms with van der Waals surface area (Å²) in [4.78, 5) is 23.9. The van der Waals surface area contributed by atoms with E-state index in [1.807, 2.05) is 77.7 Å². The summed E-state index contributed by atoms with van der Waals surface area (Å²) < 4.78 is 0. The fourth-order valence-corrected chi connectivity index (χ4v) is 5.03. The number of anilines is 3. The molecule has 4 N–H and O–H groups in total. The van der Waals surface area contributed by atoms with E-state index in [9.17, 15) is 4.79 Å². The third-order valence-corrected chi connectivity index (χ3v) is 7.07. The van der Waals surface area contributed by atoms with Crippen molar-refractivity contribution in [2.24, 2.45) is 0 Å². The van der Waals surface area contributed by atoms with Gasteiger partial charge in [-0.05, 0) is 78.8 Å². The SMILES string of the molecule is N#Cc1ccc(N[C@H]2CC[C@H](N(C(=O)NCc3ccccc3)c3ccc(-c4ccnc(N)c4)cc3)CC2)nc1. The molecule has 8 nitrogen and oxygen atoms in total. The average Bonchev–Trinajstić information content (AvgIpc) is 2.98. The molecule has 1 aliphatic rings. The van der Waals surface area contributed by atoms with Crippen LogP contribution in [0.1, 0.15) is 36.8 Å². The van der Waals surface area contributed by atoms with E-state index in [2.05, 4.69) is 26.7 Å². The first kappa shape index (κ1) is 25.7. The number of carbonyl (C=O) groups excluding carboxylic acids is 1. The van der Waals surface area contributed by atoms with Gasteiger partial charge in [-0.15, -0.1) is 0 Å². The van der Waals surface area contributed by atoms with Crippen LogP contribution in [0.4, 0.5) is 22.1 Å². The summed E-state index contributed by atoms with van der Waals surface area (Å²) in [5.41, 5.74) is 10.3. The minimum atomic E-state index is -0.107. The third-order valence-electron chi connectivity index (χ3n) is 7.07. The van der Waals surface area contributed by atoms with E-state index >= 15 is 0 Å². The van der Waals surface area contributed by atoms with Crippen LogP contribution in [-0.4, -0.2) is 28.1 Å². The number of rotatable bonds is 7. The summed E-state index contributed by atoms with van der Waals surface area (Å²) in [7, 11) is 0. The standard InChI is InChI=1S/C31H31N7O/c32-19-23-6-15-30(35-21-23)37-26-9-13-28(14-10-26)38(31(39)36-20-22-4-2-1-3-5-22)27-11-7-24(8-12-27)25-16-17-34-29(33)18-25/h1-8,11-12,15-18,21,26,28H,9-10,13-14,20H2,(H2,33,34)(H,35,37)(H,36,39)/t26-,28-. The monoisotopic (exact) mass is 517 g/mol. The molecule has 2 amide bonds. The number of nitrogens with zero attached hydrogens (tertiary/aromatic N) is 4. The van der Waals surface area contributed by atoms with Crippen molar-refractivity contribution in [3.63, 3.8) is 0 Å². The van der Waals surface area contributed by atoms with Crippen LogP contribution < -0.4 is 21.3 Å². The number of aromatic nitrogens is 2. The highest BCUT2D eigenvalue weighted by Crippen LogP contribution is 2.31. The Bertz CT molecular complexity index is 1420. The highest BCUT2D eigenvalue weighted by Gasteiger charge is 2.30. The molecule has 8 heteroatoms. The quantitative estimate of drug-likeness (QED) is 0.288. The van der Waals surface area contributed by atoms with Gasteiger partial charge in [-0.1, -0.05) is 42.5 Å². The fourth-order valence-electron chi connectivity index (χ4n) is 5.03. The van der Waals surface area contributed by atoms with Crippen molar-refractivity contribution in [3.8, 4) is 17.2 Å². The van der Waals surface area contributed by atoms with Crippen LogP contribution in [0.5, 0.6) is 0 Å². The molecule has 1 aliphatic carbocycles. The number of nitrogens with two attached hydrogens (primary N) is 1. The summed E-state index contributed by atoms with van der Waals surface area (Å²) in [6.07, 6.45) is 6.80. The van der Waals surface area contributed by atoms with E-state index in [1.54, 1.807) is 18.5 Å². The molecule has 0 aliphatic heterocycles. The number of nitriles is 1. The van der Waals surface area contributed by atoms with Crippen LogP contribution in [0.25, 0.3) is 11.1 Å². The number of nitrogen functional groups attached to an aromatic ring is 1. The molecule has 0 unspecified atom stereocenters. The molecule has 0 saturated heterocycles. The summed E-state index contributed by atoms with van der Waals surface area (Å²) in [5.74, 6) is 1.24. The summed E-state index contributed by atoms with van der Waals surface area (Å²) in [5, 5.41) is 15.6. The molecule has 4 aromatic rings. The summed E-state index contributed by atoms with van der Waals surface area (Å²) in [6, 6.07) is 27.7. The highest BCUT2D eigenvalue weighted by atomic mass is 16.2. The Kier molecular flexibility index (Phi) is 7.98. The van der Waals surface area contributed by atoms with Gasteiger partial charge in [-0.3, -0.25) is 4.90 Å². The molecular weight excluding hydrogens is 486 g/mol. The normalized spacial score (nSPS) is 16.6. The molecule has 2 aromatic heterocycles. The number of carbonyl (C=O) groups is 1. The van der Waals surface area contributed by atoms with Gasteiger partial charge in [-0.2, -0.15) is 5.26 Å². The van der Waals surface area contributed by atoms with E-state index in [1.165, 1.54) is 0 Å². The predicted octanol–water partition coefficient (Wildman–Crippen LogP) is 5.74. The largest absolute Gasteiger partial charge is 0.384 e. The van der Waals surface area contributed by atoms with Crippen molar-refractivity contribution in [3.05, 3.63) is 102 Å². The first-order chi connectivity index (χ1) is 19.1. The zero-order chi connectivity index (χ0) is 27.0. The first-order valence-corrected chi connectivity index (χ1v) is 13.1. The maximum Gasteiger partial charge on any atom is 0.322 e. The zero-order valence-corrected chi connectivity index (χ0v) is 21.6. The highest BCUT2D eigenvalue weighted by molar-refractivity contribution is 5.93. The van der Waals surface area contributed by atoms with Crippen LogP contribution in [0.15, 0.2) is 91.3 Å². The smallest absolute Gasteiger partial charge is 0.322 e. The van der Waals surface area contributed by atoms with Crippen LogP contribution in [-0.2, 0) is 6.54 Å². The summed E-state index contributed by atoms with van der Waals surface area (Å²) in [6.45, 7) is 0.464. The van der Waals surface area contributed by atoms with Gasteiger partial charge in [0, 0.05) is 36.7 Å². The van der Waals surface area contributed by atoms with Gasteiger partial charge in [0.2, 0.25) is 0 Å². The molecule has 1 saturated carbocycles. The van der Waals surface area contributed by atoms with Crippen molar-refractivity contribution in [2.75, 3.05) is 16.0 Å². The first-order valence-electron chi connectivity index (χ1n) is 13.1. The Morgan fingerprint density at radius 1 is 0.949 bits per heavy atom. The number of amides is 2. The zero-order valence-electron chi connectivity index (χ0n) is 21.6. The van der Waals surface area contributed by atoms with Crippen LogP contribution in [0.2, 0.25) is 0 Å². The lowest BCUT2D eigenvalue weighted by atomic mass is 9.89. The van der Waals surface area contributed by atoms with E-state index in [-0.39, 0.29) is 18.1 Å². The number of hydrogen-bond donors (Lipinski definition) is 3. The predicted molar refractivity (Wildman–Crippen MR) is 154 cm³/mol. The number of urea groups is 1. The van der Waals surface area contributed by atoms with Crippen molar-refractivity contribution < 1.29 is 4.79 Å². The molecule has 0 spiro atoms. The molecule has 0 atom stereocenters. The summed E-state index contributed by atoms with van der Waals surface area (Å²) >= 11 is 0. The van der Waals surface area contributed by atoms with E-state index in [4.69, 9.17) is 11.0 Å². The lowest BCUT2D eigenvalue weighted by Crippen LogP contribution is -2.48.